The molecule has 4 heteroatoms. The Morgan fingerprint density at radius 1 is 1.28 bits per heavy atom. The Bertz CT molecular complexity index is 580. The van der Waals surface area contributed by atoms with Gasteiger partial charge in [0.15, 0.2) is 0 Å². The van der Waals surface area contributed by atoms with Gasteiger partial charge in [-0.2, -0.15) is 0 Å². The summed E-state index contributed by atoms with van der Waals surface area (Å²) in [5.74, 6) is 0. The van der Waals surface area contributed by atoms with Gasteiger partial charge in [-0.25, -0.2) is 4.98 Å². The van der Waals surface area contributed by atoms with E-state index >= 15 is 0 Å². The molecule has 2 aromatic heterocycles. The molecule has 2 aliphatic rings. The molecule has 2 fully saturated rings. The van der Waals surface area contributed by atoms with Crippen molar-refractivity contribution in [2.24, 2.45) is 0 Å². The molecule has 0 spiro atoms. The summed E-state index contributed by atoms with van der Waals surface area (Å²) < 4.78 is 7.76. The Labute approximate surface area is 105 Å². The van der Waals surface area contributed by atoms with Gasteiger partial charge >= 0.3 is 0 Å². The van der Waals surface area contributed by atoms with Crippen molar-refractivity contribution >= 4 is 5.65 Å². The highest BCUT2D eigenvalue weighted by Gasteiger charge is 2.44. The van der Waals surface area contributed by atoms with Gasteiger partial charge < -0.3 is 14.2 Å². The molecule has 0 aromatic carbocycles. The molecule has 2 bridgehead atoms. The maximum Gasteiger partial charge on any atom is 0.137 e. The van der Waals surface area contributed by atoms with Gasteiger partial charge in [-0.3, -0.25) is 0 Å². The van der Waals surface area contributed by atoms with Crippen LogP contribution >= 0.6 is 0 Å². The zero-order valence-electron chi connectivity index (χ0n) is 10.1. The highest BCUT2D eigenvalue weighted by atomic mass is 16.5. The molecule has 2 aromatic rings. The topological polar surface area (TPSA) is 46.8 Å². The van der Waals surface area contributed by atoms with E-state index in [9.17, 15) is 5.11 Å². The van der Waals surface area contributed by atoms with Crippen molar-refractivity contribution in [3.8, 4) is 0 Å². The number of fused-ring (bicyclic) bond motifs is 3. The Kier molecular flexibility index (Phi) is 2.08. The summed E-state index contributed by atoms with van der Waals surface area (Å²) in [7, 11) is 0. The standard InChI is InChI=1S/C14H16N2O2/c17-14(8-11-1-2-12(9-14)18-11)10-3-5-16-6-4-15-13(16)7-10/h3-7,11-12,17H,1-2,8-9H2. The van der Waals surface area contributed by atoms with Crippen LogP contribution in [0.25, 0.3) is 5.65 Å². The quantitative estimate of drug-likeness (QED) is 0.833. The number of ether oxygens (including phenoxy) is 1. The Morgan fingerprint density at radius 2 is 2.06 bits per heavy atom. The second-order valence-corrected chi connectivity index (χ2v) is 5.51. The lowest BCUT2D eigenvalue weighted by atomic mass is 9.84. The molecule has 0 saturated carbocycles. The molecule has 2 unspecified atom stereocenters. The molecular formula is C14H16N2O2. The molecule has 2 aliphatic heterocycles. The van der Waals surface area contributed by atoms with Gasteiger partial charge in [-0.1, -0.05) is 0 Å². The third-order valence-electron chi connectivity index (χ3n) is 4.26. The first-order valence-corrected chi connectivity index (χ1v) is 6.54. The molecule has 1 N–H and O–H groups in total. The van der Waals surface area contributed by atoms with Gasteiger partial charge in [0.2, 0.25) is 0 Å². The molecule has 0 aliphatic carbocycles. The number of rotatable bonds is 1. The number of hydrogen-bond acceptors (Lipinski definition) is 3. The van der Waals surface area contributed by atoms with E-state index in [0.717, 1.165) is 24.1 Å². The third-order valence-corrected chi connectivity index (χ3v) is 4.26. The summed E-state index contributed by atoms with van der Waals surface area (Å²) in [4.78, 5) is 4.28. The average molecular weight is 244 g/mol. The maximum absolute atomic E-state index is 10.9. The number of aromatic nitrogens is 2. The fraction of sp³-hybridized carbons (Fsp3) is 0.500. The Hall–Kier alpha value is -1.39. The van der Waals surface area contributed by atoms with Crippen LogP contribution in [0.5, 0.6) is 0 Å². The first-order chi connectivity index (χ1) is 8.73. The molecule has 2 atom stereocenters. The van der Waals surface area contributed by atoms with Crippen molar-refractivity contribution in [1.82, 2.24) is 9.38 Å². The summed E-state index contributed by atoms with van der Waals surface area (Å²) in [6, 6.07) is 3.99. The summed E-state index contributed by atoms with van der Waals surface area (Å²) in [6.07, 6.45) is 9.69. The number of hydrogen-bond donors (Lipinski definition) is 1. The summed E-state index contributed by atoms with van der Waals surface area (Å²) in [6.45, 7) is 0. The molecule has 2 saturated heterocycles. The molecular weight excluding hydrogens is 228 g/mol. The highest BCUT2D eigenvalue weighted by Crippen LogP contribution is 2.43. The van der Waals surface area contributed by atoms with E-state index in [1.54, 1.807) is 6.20 Å². The second-order valence-electron chi connectivity index (χ2n) is 5.51. The van der Waals surface area contributed by atoms with E-state index in [-0.39, 0.29) is 12.2 Å². The van der Waals surface area contributed by atoms with Crippen molar-refractivity contribution in [2.75, 3.05) is 0 Å². The van der Waals surface area contributed by atoms with E-state index in [1.165, 1.54) is 0 Å². The largest absolute Gasteiger partial charge is 0.385 e. The van der Waals surface area contributed by atoms with Crippen LogP contribution in [0.2, 0.25) is 0 Å². The van der Waals surface area contributed by atoms with E-state index in [4.69, 9.17) is 4.74 Å². The van der Waals surface area contributed by atoms with Crippen LogP contribution in [0.1, 0.15) is 31.2 Å². The fourth-order valence-corrected chi connectivity index (χ4v) is 3.35. The van der Waals surface area contributed by atoms with Gasteiger partial charge in [0.05, 0.1) is 17.8 Å². The minimum absolute atomic E-state index is 0.227. The Balaban J connectivity index is 1.76. The minimum atomic E-state index is -0.738. The van der Waals surface area contributed by atoms with Gasteiger partial charge in [0, 0.05) is 31.4 Å². The van der Waals surface area contributed by atoms with Crippen molar-refractivity contribution in [3.05, 3.63) is 36.3 Å². The summed E-state index contributed by atoms with van der Waals surface area (Å²) >= 11 is 0. The summed E-state index contributed by atoms with van der Waals surface area (Å²) in [5.41, 5.74) is 1.12. The van der Waals surface area contributed by atoms with Crippen LogP contribution in [-0.4, -0.2) is 26.7 Å². The third kappa shape index (κ3) is 1.49. The zero-order chi connectivity index (χ0) is 12.2. The van der Waals surface area contributed by atoms with E-state index in [2.05, 4.69) is 4.98 Å². The predicted octanol–water partition coefficient (Wildman–Crippen LogP) is 1.86. The summed E-state index contributed by atoms with van der Waals surface area (Å²) in [5, 5.41) is 10.9. The van der Waals surface area contributed by atoms with Gasteiger partial charge in [-0.05, 0) is 30.5 Å². The molecule has 4 nitrogen and oxygen atoms in total. The number of nitrogens with zero attached hydrogens (tertiary/aromatic N) is 2. The lowest BCUT2D eigenvalue weighted by molar-refractivity contribution is -0.115. The van der Waals surface area contributed by atoms with Gasteiger partial charge in [0.1, 0.15) is 5.65 Å². The number of imidazole rings is 1. The predicted molar refractivity (Wildman–Crippen MR) is 66.2 cm³/mol. The van der Waals surface area contributed by atoms with Crippen LogP contribution in [0.4, 0.5) is 0 Å². The molecule has 0 amide bonds. The van der Waals surface area contributed by atoms with Crippen LogP contribution in [-0.2, 0) is 10.3 Å². The zero-order valence-corrected chi connectivity index (χ0v) is 10.1. The maximum atomic E-state index is 10.9. The smallest absolute Gasteiger partial charge is 0.137 e. The van der Waals surface area contributed by atoms with E-state index in [0.29, 0.717) is 12.8 Å². The normalized spacial score (nSPS) is 35.2. The van der Waals surface area contributed by atoms with Crippen molar-refractivity contribution in [3.63, 3.8) is 0 Å². The SMILES string of the molecule is OC1(c2ccn3ccnc3c2)CC2CCC(C1)O2. The monoisotopic (exact) mass is 244 g/mol. The second kappa shape index (κ2) is 3.56. The molecule has 18 heavy (non-hydrogen) atoms. The van der Waals surface area contributed by atoms with Crippen LogP contribution in [0, 0.1) is 0 Å². The molecule has 4 heterocycles. The van der Waals surface area contributed by atoms with Gasteiger partial charge in [0.25, 0.3) is 0 Å². The fourth-order valence-electron chi connectivity index (χ4n) is 3.35. The first kappa shape index (κ1) is 10.5. The Morgan fingerprint density at radius 3 is 2.83 bits per heavy atom. The average Bonchev–Trinajstić information content (AvgIpc) is 2.95. The lowest BCUT2D eigenvalue weighted by Gasteiger charge is -2.36. The van der Waals surface area contributed by atoms with Crippen molar-refractivity contribution in [2.45, 2.75) is 43.5 Å². The lowest BCUT2D eigenvalue weighted by Crippen LogP contribution is -2.38. The highest BCUT2D eigenvalue weighted by molar-refractivity contribution is 5.43. The first-order valence-electron chi connectivity index (χ1n) is 6.54. The van der Waals surface area contributed by atoms with Crippen molar-refractivity contribution < 1.29 is 9.84 Å². The molecule has 0 radical (unpaired) electrons. The van der Waals surface area contributed by atoms with Crippen LogP contribution in [0.3, 0.4) is 0 Å². The number of pyridine rings is 1. The van der Waals surface area contributed by atoms with E-state index in [1.807, 2.05) is 28.9 Å². The number of aliphatic hydroxyl groups is 1. The van der Waals surface area contributed by atoms with Gasteiger partial charge in [-0.15, -0.1) is 0 Å². The van der Waals surface area contributed by atoms with Crippen LogP contribution < -0.4 is 0 Å². The van der Waals surface area contributed by atoms with E-state index < -0.39 is 5.60 Å². The van der Waals surface area contributed by atoms with Crippen molar-refractivity contribution in [1.29, 1.82) is 0 Å². The molecule has 4 rings (SSSR count). The van der Waals surface area contributed by atoms with Crippen LogP contribution in [0.15, 0.2) is 30.7 Å². The molecule has 94 valence electrons. The minimum Gasteiger partial charge on any atom is -0.385 e.